The molecule has 0 aromatic heterocycles. The van der Waals surface area contributed by atoms with Crippen molar-refractivity contribution in [3.63, 3.8) is 0 Å². The highest BCUT2D eigenvalue weighted by molar-refractivity contribution is 5.78. The van der Waals surface area contributed by atoms with Crippen LogP contribution in [0.5, 0.6) is 0 Å². The maximum Gasteiger partial charge on any atom is 0.220 e. The average molecular weight is 447 g/mol. The molecule has 0 spiro atoms. The van der Waals surface area contributed by atoms with Crippen LogP contribution in [-0.4, -0.2) is 104 Å². The van der Waals surface area contributed by atoms with Crippen LogP contribution in [0.25, 0.3) is 0 Å². The van der Waals surface area contributed by atoms with E-state index in [1.807, 2.05) is 21.1 Å². The summed E-state index contributed by atoms with van der Waals surface area (Å²) in [7, 11) is 6.01. The van der Waals surface area contributed by atoms with Crippen LogP contribution in [-0.2, 0) is 23.8 Å². The molecule has 0 bridgehead atoms. The van der Waals surface area contributed by atoms with Gasteiger partial charge in [0.15, 0.2) is 0 Å². The molecule has 0 radical (unpaired) electrons. The van der Waals surface area contributed by atoms with E-state index in [0.717, 1.165) is 45.4 Å². The van der Waals surface area contributed by atoms with Crippen LogP contribution in [0.4, 0.5) is 0 Å². The largest absolute Gasteiger partial charge is 0.379 e. The molecule has 9 nitrogen and oxygen atoms in total. The van der Waals surface area contributed by atoms with Gasteiger partial charge in [0, 0.05) is 39.1 Å². The number of nitrogens with one attached hydrogen (secondary N) is 3. The number of nitrogens with zero attached hydrogens (tertiary/aromatic N) is 1. The minimum atomic E-state index is -0.0168. The molecule has 31 heavy (non-hydrogen) atoms. The molecule has 0 fully saturated rings. The van der Waals surface area contributed by atoms with E-state index < -0.39 is 0 Å². The summed E-state index contributed by atoms with van der Waals surface area (Å²) in [6.07, 6.45) is 5.15. The third kappa shape index (κ3) is 24.9. The second kappa shape index (κ2) is 23.4. The summed E-state index contributed by atoms with van der Waals surface area (Å²) in [5, 5.41) is 8.83. The first kappa shape index (κ1) is 29.7. The smallest absolute Gasteiger partial charge is 0.220 e. The predicted octanol–water partition coefficient (Wildman–Crippen LogP) is 0.780. The van der Waals surface area contributed by atoms with Gasteiger partial charge in [0.05, 0.1) is 26.4 Å². The van der Waals surface area contributed by atoms with E-state index >= 15 is 0 Å². The van der Waals surface area contributed by atoms with Gasteiger partial charge >= 0.3 is 0 Å². The van der Waals surface area contributed by atoms with Gasteiger partial charge in [-0.1, -0.05) is 0 Å². The molecule has 0 rings (SSSR count). The van der Waals surface area contributed by atoms with Gasteiger partial charge in [-0.25, -0.2) is 0 Å². The fraction of sp³-hybridized carbons (Fsp3) is 0.909. The molecule has 0 aromatic rings. The minimum Gasteiger partial charge on any atom is -0.379 e. The lowest BCUT2D eigenvalue weighted by Crippen LogP contribution is -2.27. The minimum absolute atomic E-state index is 0.0168. The van der Waals surface area contributed by atoms with E-state index in [1.54, 1.807) is 0 Å². The Labute approximate surface area is 188 Å². The fourth-order valence-electron chi connectivity index (χ4n) is 2.66. The number of hydrogen-bond donors (Lipinski definition) is 3. The van der Waals surface area contributed by atoms with Gasteiger partial charge in [0.25, 0.3) is 0 Å². The topological polar surface area (TPSA) is 101 Å². The quantitative estimate of drug-likeness (QED) is 0.199. The number of amides is 2. The molecule has 2 amide bonds. The van der Waals surface area contributed by atoms with Crippen molar-refractivity contribution >= 4 is 11.8 Å². The van der Waals surface area contributed by atoms with Crippen LogP contribution in [0, 0.1) is 0 Å². The fourth-order valence-corrected chi connectivity index (χ4v) is 2.66. The highest BCUT2D eigenvalue weighted by Gasteiger charge is 2.05. The Morgan fingerprint density at radius 2 is 1.13 bits per heavy atom. The van der Waals surface area contributed by atoms with Crippen molar-refractivity contribution < 1.29 is 23.8 Å². The van der Waals surface area contributed by atoms with Crippen LogP contribution < -0.4 is 16.0 Å². The second-order valence-corrected chi connectivity index (χ2v) is 7.71. The lowest BCUT2D eigenvalue weighted by molar-refractivity contribution is -0.122. The van der Waals surface area contributed by atoms with E-state index in [1.165, 1.54) is 0 Å². The highest BCUT2D eigenvalue weighted by Crippen LogP contribution is 1.96. The number of carbonyl (C=O) groups excluding carboxylic acids is 2. The van der Waals surface area contributed by atoms with Crippen LogP contribution in [0.1, 0.15) is 44.9 Å². The Kier molecular flexibility index (Phi) is 22.5. The number of hydrogen-bond acceptors (Lipinski definition) is 7. The molecule has 0 saturated carbocycles. The molecule has 0 atom stereocenters. The van der Waals surface area contributed by atoms with Crippen molar-refractivity contribution in [1.82, 2.24) is 20.9 Å². The summed E-state index contributed by atoms with van der Waals surface area (Å²) >= 11 is 0. The maximum atomic E-state index is 11.8. The van der Waals surface area contributed by atoms with E-state index in [-0.39, 0.29) is 11.8 Å². The molecule has 184 valence electrons. The van der Waals surface area contributed by atoms with E-state index in [4.69, 9.17) is 14.2 Å². The summed E-state index contributed by atoms with van der Waals surface area (Å²) in [4.78, 5) is 25.6. The molecule has 0 unspecified atom stereocenters. The monoisotopic (exact) mass is 446 g/mol. The first-order chi connectivity index (χ1) is 15.1. The summed E-state index contributed by atoms with van der Waals surface area (Å²) in [6.45, 7) is 6.87. The average Bonchev–Trinajstić information content (AvgIpc) is 2.73. The molecule has 0 aromatic carbocycles. The molecule has 9 heteroatoms. The summed E-state index contributed by atoms with van der Waals surface area (Å²) in [5.41, 5.74) is 0. The Bertz CT molecular complexity index is 425. The zero-order chi connectivity index (χ0) is 23.0. The van der Waals surface area contributed by atoms with Crippen molar-refractivity contribution in [3.8, 4) is 0 Å². The van der Waals surface area contributed by atoms with Crippen molar-refractivity contribution in [2.45, 2.75) is 44.9 Å². The highest BCUT2D eigenvalue weighted by atomic mass is 16.5. The molecular formula is C22H46N4O5. The van der Waals surface area contributed by atoms with Gasteiger partial charge in [-0.15, -0.1) is 0 Å². The van der Waals surface area contributed by atoms with Crippen LogP contribution in [0.15, 0.2) is 0 Å². The van der Waals surface area contributed by atoms with Gasteiger partial charge in [0.2, 0.25) is 11.8 Å². The van der Waals surface area contributed by atoms with Crippen molar-refractivity contribution in [2.24, 2.45) is 0 Å². The van der Waals surface area contributed by atoms with Gasteiger partial charge in [0.1, 0.15) is 0 Å². The molecule has 0 aliphatic rings. The normalized spacial score (nSPS) is 11.1. The van der Waals surface area contributed by atoms with E-state index in [2.05, 4.69) is 20.9 Å². The Morgan fingerprint density at radius 3 is 1.65 bits per heavy atom. The third-order valence-electron chi connectivity index (χ3n) is 4.41. The summed E-state index contributed by atoms with van der Waals surface area (Å²) < 4.78 is 16.3. The first-order valence-electron chi connectivity index (χ1n) is 11.6. The van der Waals surface area contributed by atoms with Gasteiger partial charge in [-0.3, -0.25) is 9.59 Å². The van der Waals surface area contributed by atoms with Crippen molar-refractivity contribution in [3.05, 3.63) is 0 Å². The Hall–Kier alpha value is -1.26. The van der Waals surface area contributed by atoms with E-state index in [9.17, 15) is 9.59 Å². The van der Waals surface area contributed by atoms with Gasteiger partial charge in [-0.05, 0) is 66.3 Å². The molecule has 0 saturated heterocycles. The Morgan fingerprint density at radius 1 is 0.645 bits per heavy atom. The van der Waals surface area contributed by atoms with Crippen LogP contribution >= 0.6 is 0 Å². The second-order valence-electron chi connectivity index (χ2n) is 7.71. The zero-order valence-corrected chi connectivity index (χ0v) is 20.0. The number of carbonyl (C=O) groups is 2. The Balaban J connectivity index is 3.28. The van der Waals surface area contributed by atoms with Crippen molar-refractivity contribution in [1.29, 1.82) is 0 Å². The summed E-state index contributed by atoms with van der Waals surface area (Å²) in [6, 6.07) is 0. The summed E-state index contributed by atoms with van der Waals surface area (Å²) in [5.74, 6) is 0.00506. The molecule has 3 N–H and O–H groups in total. The molecule has 0 aliphatic heterocycles. The predicted molar refractivity (Wildman–Crippen MR) is 123 cm³/mol. The molecule has 0 aliphatic carbocycles. The SMILES string of the molecule is CNCCCOCCOCCOCCCNC(=O)CCCC(=O)NCCCCN(C)C. The third-order valence-corrected chi connectivity index (χ3v) is 4.41. The standard InChI is InChI=1S/C22H46N4O5/c1-23-11-7-15-29-17-19-31-20-18-30-16-8-13-25-22(28)10-6-9-21(27)24-12-4-5-14-26(2)3/h23H,4-20H2,1-3H3,(H,24,27)(H,25,28). The zero-order valence-electron chi connectivity index (χ0n) is 20.0. The lowest BCUT2D eigenvalue weighted by Gasteiger charge is -2.09. The van der Waals surface area contributed by atoms with Gasteiger partial charge < -0.3 is 35.1 Å². The maximum absolute atomic E-state index is 11.8. The lowest BCUT2D eigenvalue weighted by atomic mass is 10.2. The van der Waals surface area contributed by atoms with Crippen LogP contribution in [0.2, 0.25) is 0 Å². The number of ether oxygens (including phenoxy) is 3. The number of rotatable bonds is 23. The van der Waals surface area contributed by atoms with E-state index in [0.29, 0.717) is 65.4 Å². The number of unbranched alkanes of at least 4 members (excludes halogenated alkanes) is 1. The van der Waals surface area contributed by atoms with Crippen molar-refractivity contribution in [2.75, 3.05) is 87.0 Å². The molecular weight excluding hydrogens is 400 g/mol. The first-order valence-corrected chi connectivity index (χ1v) is 11.6. The van der Waals surface area contributed by atoms with Gasteiger partial charge in [-0.2, -0.15) is 0 Å². The van der Waals surface area contributed by atoms with Crippen LogP contribution in [0.3, 0.4) is 0 Å². The molecule has 0 heterocycles.